The number of carbonyl (C=O) groups excluding carboxylic acids is 2. The number of hydrogen-bond donors (Lipinski definition) is 2. The molecule has 1 saturated heterocycles. The Balaban J connectivity index is 0.00000264. The summed E-state index contributed by atoms with van der Waals surface area (Å²) in [5, 5.41) is 2.79. The average Bonchev–Trinajstić information content (AvgIpc) is 3.12. The van der Waals surface area contributed by atoms with Crippen molar-refractivity contribution in [3.05, 3.63) is 24.2 Å². The van der Waals surface area contributed by atoms with E-state index in [1.165, 1.54) is 6.26 Å². The summed E-state index contributed by atoms with van der Waals surface area (Å²) in [7, 11) is 0. The van der Waals surface area contributed by atoms with Crippen LogP contribution < -0.4 is 11.1 Å². The standard InChI is InChI=1S/C16H25N3O3.ClH/c1-10(2)14(18-15(20)13-5-4-6-22-13)16(21)19-9-12(8-17)7-11(19)3;/h4-6,10-12,14H,7-9,17H2,1-3H3,(H,18,20);1H. The molecule has 1 fully saturated rings. The number of nitrogens with zero attached hydrogens (tertiary/aromatic N) is 1. The summed E-state index contributed by atoms with van der Waals surface area (Å²) in [6.07, 6.45) is 2.36. The lowest BCUT2D eigenvalue weighted by Crippen LogP contribution is -2.52. The number of nitrogens with two attached hydrogens (primary N) is 1. The molecule has 23 heavy (non-hydrogen) atoms. The van der Waals surface area contributed by atoms with E-state index < -0.39 is 6.04 Å². The van der Waals surface area contributed by atoms with Gasteiger partial charge in [-0.2, -0.15) is 0 Å². The van der Waals surface area contributed by atoms with E-state index in [1.54, 1.807) is 12.1 Å². The van der Waals surface area contributed by atoms with Gasteiger partial charge in [-0.05, 0) is 43.9 Å². The minimum atomic E-state index is -0.559. The Hall–Kier alpha value is -1.53. The number of likely N-dealkylation sites (tertiary alicyclic amines) is 1. The largest absolute Gasteiger partial charge is 0.459 e. The normalized spacial score (nSPS) is 21.9. The number of carbonyl (C=O) groups is 2. The van der Waals surface area contributed by atoms with E-state index in [2.05, 4.69) is 5.32 Å². The van der Waals surface area contributed by atoms with Gasteiger partial charge in [0.1, 0.15) is 6.04 Å². The summed E-state index contributed by atoms with van der Waals surface area (Å²) in [6.45, 7) is 7.12. The molecular formula is C16H26ClN3O3. The lowest BCUT2D eigenvalue weighted by atomic mass is 10.0. The Labute approximate surface area is 143 Å². The molecule has 0 spiro atoms. The number of hydrogen-bond acceptors (Lipinski definition) is 4. The molecule has 0 saturated carbocycles. The van der Waals surface area contributed by atoms with Gasteiger partial charge in [-0.3, -0.25) is 9.59 Å². The molecule has 1 aliphatic heterocycles. The van der Waals surface area contributed by atoms with Crippen LogP contribution in [0, 0.1) is 11.8 Å². The van der Waals surface area contributed by atoms with Crippen LogP contribution in [0.2, 0.25) is 0 Å². The van der Waals surface area contributed by atoms with Crippen molar-refractivity contribution in [3.63, 3.8) is 0 Å². The zero-order chi connectivity index (χ0) is 16.3. The van der Waals surface area contributed by atoms with Crippen LogP contribution in [0.3, 0.4) is 0 Å². The van der Waals surface area contributed by atoms with E-state index in [1.807, 2.05) is 25.7 Å². The number of furan rings is 1. The second-order valence-corrected chi connectivity index (χ2v) is 6.35. The molecule has 3 atom stereocenters. The number of amides is 2. The fourth-order valence-electron chi connectivity index (χ4n) is 2.93. The minimum Gasteiger partial charge on any atom is -0.459 e. The third-order valence-electron chi connectivity index (χ3n) is 4.24. The third-order valence-corrected chi connectivity index (χ3v) is 4.24. The van der Waals surface area contributed by atoms with E-state index in [4.69, 9.17) is 10.2 Å². The number of nitrogens with one attached hydrogen (secondary N) is 1. The molecule has 0 bridgehead atoms. The van der Waals surface area contributed by atoms with E-state index in [0.717, 1.165) is 6.42 Å². The van der Waals surface area contributed by atoms with Gasteiger partial charge in [-0.15, -0.1) is 12.4 Å². The van der Waals surface area contributed by atoms with Crippen LogP contribution in [0.4, 0.5) is 0 Å². The first-order chi connectivity index (χ1) is 10.4. The maximum Gasteiger partial charge on any atom is 0.287 e. The smallest absolute Gasteiger partial charge is 0.287 e. The molecule has 0 radical (unpaired) electrons. The molecule has 7 heteroatoms. The van der Waals surface area contributed by atoms with Crippen LogP contribution in [0.1, 0.15) is 37.7 Å². The van der Waals surface area contributed by atoms with Crippen molar-refractivity contribution in [3.8, 4) is 0 Å². The second-order valence-electron chi connectivity index (χ2n) is 6.35. The molecule has 6 nitrogen and oxygen atoms in total. The molecule has 0 aromatic carbocycles. The summed E-state index contributed by atoms with van der Waals surface area (Å²) in [6, 6.07) is 2.83. The molecule has 2 heterocycles. The van der Waals surface area contributed by atoms with Crippen LogP contribution in [-0.4, -0.2) is 41.9 Å². The fraction of sp³-hybridized carbons (Fsp3) is 0.625. The van der Waals surface area contributed by atoms with Gasteiger partial charge in [-0.1, -0.05) is 13.8 Å². The van der Waals surface area contributed by atoms with Crippen molar-refractivity contribution in [1.29, 1.82) is 0 Å². The molecular weight excluding hydrogens is 318 g/mol. The highest BCUT2D eigenvalue weighted by atomic mass is 35.5. The Morgan fingerprint density at radius 1 is 1.48 bits per heavy atom. The lowest BCUT2D eigenvalue weighted by molar-refractivity contribution is -0.135. The predicted molar refractivity (Wildman–Crippen MR) is 90.4 cm³/mol. The molecule has 1 aromatic heterocycles. The minimum absolute atomic E-state index is 0. The average molecular weight is 344 g/mol. The van der Waals surface area contributed by atoms with Crippen LogP contribution in [0.25, 0.3) is 0 Å². The Kier molecular flexibility index (Phi) is 7.09. The predicted octanol–water partition coefficient (Wildman–Crippen LogP) is 1.65. The first-order valence-electron chi connectivity index (χ1n) is 7.79. The molecule has 1 aromatic rings. The highest BCUT2D eigenvalue weighted by Crippen LogP contribution is 2.24. The summed E-state index contributed by atoms with van der Waals surface area (Å²) in [5.74, 6) is 0.147. The molecule has 3 unspecified atom stereocenters. The van der Waals surface area contributed by atoms with Gasteiger partial charge in [0.2, 0.25) is 5.91 Å². The van der Waals surface area contributed by atoms with Crippen molar-refractivity contribution in [2.75, 3.05) is 13.1 Å². The molecule has 2 rings (SSSR count). The van der Waals surface area contributed by atoms with Crippen LogP contribution in [0.15, 0.2) is 22.8 Å². The van der Waals surface area contributed by atoms with Crippen LogP contribution >= 0.6 is 12.4 Å². The second kappa shape index (κ2) is 8.36. The maximum absolute atomic E-state index is 12.8. The Morgan fingerprint density at radius 2 is 2.17 bits per heavy atom. The first-order valence-corrected chi connectivity index (χ1v) is 7.79. The van der Waals surface area contributed by atoms with Crippen molar-refractivity contribution < 1.29 is 14.0 Å². The number of rotatable bonds is 5. The topological polar surface area (TPSA) is 88.6 Å². The summed E-state index contributed by atoms with van der Waals surface area (Å²) in [4.78, 5) is 26.8. The van der Waals surface area contributed by atoms with Gasteiger partial charge < -0.3 is 20.4 Å². The maximum atomic E-state index is 12.8. The van der Waals surface area contributed by atoms with Crippen molar-refractivity contribution in [2.24, 2.45) is 17.6 Å². The Morgan fingerprint density at radius 3 is 2.65 bits per heavy atom. The highest BCUT2D eigenvalue weighted by molar-refractivity contribution is 5.95. The molecule has 130 valence electrons. The number of halogens is 1. The monoisotopic (exact) mass is 343 g/mol. The van der Waals surface area contributed by atoms with Gasteiger partial charge in [0.25, 0.3) is 5.91 Å². The zero-order valence-corrected chi connectivity index (χ0v) is 14.6. The van der Waals surface area contributed by atoms with Crippen LogP contribution in [-0.2, 0) is 4.79 Å². The Bertz CT molecular complexity index is 519. The van der Waals surface area contributed by atoms with Crippen LogP contribution in [0.5, 0.6) is 0 Å². The first kappa shape index (κ1) is 19.5. The van der Waals surface area contributed by atoms with Gasteiger partial charge in [0.05, 0.1) is 6.26 Å². The fourth-order valence-corrected chi connectivity index (χ4v) is 2.93. The highest BCUT2D eigenvalue weighted by Gasteiger charge is 2.37. The van der Waals surface area contributed by atoms with Gasteiger partial charge in [-0.25, -0.2) is 0 Å². The summed E-state index contributed by atoms with van der Waals surface area (Å²) in [5.41, 5.74) is 5.72. The van der Waals surface area contributed by atoms with Crippen molar-refractivity contribution in [1.82, 2.24) is 10.2 Å². The third kappa shape index (κ3) is 4.48. The summed E-state index contributed by atoms with van der Waals surface area (Å²) >= 11 is 0. The van der Waals surface area contributed by atoms with Gasteiger partial charge >= 0.3 is 0 Å². The molecule has 3 N–H and O–H groups in total. The van der Waals surface area contributed by atoms with Gasteiger partial charge in [0, 0.05) is 12.6 Å². The van der Waals surface area contributed by atoms with Crippen molar-refractivity contribution >= 4 is 24.2 Å². The SMILES string of the molecule is CC(C)C(NC(=O)c1ccco1)C(=O)N1CC(CN)CC1C.Cl. The van der Waals surface area contributed by atoms with E-state index in [0.29, 0.717) is 19.0 Å². The van der Waals surface area contributed by atoms with E-state index in [9.17, 15) is 9.59 Å². The van der Waals surface area contributed by atoms with E-state index in [-0.39, 0.29) is 41.9 Å². The van der Waals surface area contributed by atoms with E-state index >= 15 is 0 Å². The lowest BCUT2D eigenvalue weighted by Gasteiger charge is -2.29. The molecule has 0 aliphatic carbocycles. The zero-order valence-electron chi connectivity index (χ0n) is 13.8. The summed E-state index contributed by atoms with van der Waals surface area (Å²) < 4.78 is 5.08. The quantitative estimate of drug-likeness (QED) is 0.850. The van der Waals surface area contributed by atoms with Crippen molar-refractivity contribution in [2.45, 2.75) is 39.3 Å². The molecule has 2 amide bonds. The van der Waals surface area contributed by atoms with Gasteiger partial charge in [0.15, 0.2) is 5.76 Å². The molecule has 1 aliphatic rings.